The number of nitrogens with two attached hydrogens (primary N) is 1. The Hall–Kier alpha value is -0.0800. The molecule has 0 aromatic carbocycles. The Kier molecular flexibility index (Phi) is 1.94. The Labute approximate surface area is 86.8 Å². The van der Waals surface area contributed by atoms with Crippen LogP contribution in [0.1, 0.15) is 44.9 Å². The van der Waals surface area contributed by atoms with Crippen molar-refractivity contribution in [1.82, 2.24) is 4.90 Å². The fraction of sp³-hybridized carbons (Fsp3) is 1.00. The molecule has 0 atom stereocenters. The normalized spacial score (nSPS) is 34.1. The number of hydrogen-bond donors (Lipinski definition) is 1. The average Bonchev–Trinajstić information content (AvgIpc) is 2.82. The van der Waals surface area contributed by atoms with E-state index in [1.807, 2.05) is 0 Å². The van der Waals surface area contributed by atoms with Gasteiger partial charge in [-0.1, -0.05) is 0 Å². The molecule has 0 radical (unpaired) electrons. The van der Waals surface area contributed by atoms with Gasteiger partial charge in [0.1, 0.15) is 0 Å². The number of likely N-dealkylation sites (tertiary alicyclic amines) is 1. The number of piperidine rings is 1. The van der Waals surface area contributed by atoms with Crippen molar-refractivity contribution in [2.24, 2.45) is 11.1 Å². The van der Waals surface area contributed by atoms with Gasteiger partial charge in [-0.2, -0.15) is 0 Å². The van der Waals surface area contributed by atoms with Gasteiger partial charge in [-0.25, -0.2) is 0 Å². The third kappa shape index (κ3) is 1.59. The van der Waals surface area contributed by atoms with Gasteiger partial charge in [-0.15, -0.1) is 0 Å². The summed E-state index contributed by atoms with van der Waals surface area (Å²) >= 11 is 0. The van der Waals surface area contributed by atoms with E-state index >= 15 is 0 Å². The molecule has 2 heteroatoms. The molecule has 3 rings (SSSR count). The molecule has 0 aromatic rings. The number of hydrogen-bond acceptors (Lipinski definition) is 2. The van der Waals surface area contributed by atoms with Crippen molar-refractivity contribution in [3.8, 4) is 0 Å². The van der Waals surface area contributed by atoms with Gasteiger partial charge in [0.15, 0.2) is 0 Å². The van der Waals surface area contributed by atoms with Gasteiger partial charge in [-0.05, 0) is 56.9 Å². The summed E-state index contributed by atoms with van der Waals surface area (Å²) < 4.78 is 0. The van der Waals surface area contributed by atoms with Gasteiger partial charge < -0.3 is 10.6 Å². The lowest BCUT2D eigenvalue weighted by Gasteiger charge is -2.44. The standard InChI is InChI=1S/C12H22N2/c13-12(4-1-5-12)10-14-8-2-3-11(9-14)6-7-11/h1-10,13H2. The molecular weight excluding hydrogens is 172 g/mol. The Morgan fingerprint density at radius 3 is 2.36 bits per heavy atom. The predicted molar refractivity (Wildman–Crippen MR) is 58.1 cm³/mol. The van der Waals surface area contributed by atoms with E-state index in [-0.39, 0.29) is 5.54 Å². The third-order valence-corrected chi connectivity index (χ3v) is 4.59. The summed E-state index contributed by atoms with van der Waals surface area (Å²) in [5.74, 6) is 0. The molecule has 0 unspecified atom stereocenters. The predicted octanol–water partition coefficient (Wildman–Crippen LogP) is 1.74. The van der Waals surface area contributed by atoms with Gasteiger partial charge in [0.25, 0.3) is 0 Å². The smallest absolute Gasteiger partial charge is 0.0283 e. The summed E-state index contributed by atoms with van der Waals surface area (Å²) in [5, 5.41) is 0. The van der Waals surface area contributed by atoms with E-state index < -0.39 is 0 Å². The zero-order valence-electron chi connectivity index (χ0n) is 9.10. The van der Waals surface area contributed by atoms with Crippen molar-refractivity contribution in [2.75, 3.05) is 19.6 Å². The van der Waals surface area contributed by atoms with Crippen LogP contribution in [0, 0.1) is 5.41 Å². The van der Waals surface area contributed by atoms with Crippen LogP contribution < -0.4 is 5.73 Å². The molecule has 0 bridgehead atoms. The van der Waals surface area contributed by atoms with E-state index in [9.17, 15) is 0 Å². The van der Waals surface area contributed by atoms with Crippen LogP contribution in [0.25, 0.3) is 0 Å². The first-order chi connectivity index (χ1) is 6.70. The molecule has 1 saturated heterocycles. The van der Waals surface area contributed by atoms with Crippen LogP contribution in [-0.4, -0.2) is 30.1 Å². The molecule has 2 nitrogen and oxygen atoms in total. The summed E-state index contributed by atoms with van der Waals surface area (Å²) in [6.45, 7) is 3.83. The lowest BCUT2D eigenvalue weighted by molar-refractivity contribution is 0.0961. The van der Waals surface area contributed by atoms with Gasteiger partial charge in [0.05, 0.1) is 0 Å². The lowest BCUT2D eigenvalue weighted by atomic mass is 9.77. The molecule has 0 amide bonds. The minimum Gasteiger partial charge on any atom is -0.324 e. The highest BCUT2D eigenvalue weighted by Gasteiger charge is 2.46. The summed E-state index contributed by atoms with van der Waals surface area (Å²) in [5.41, 5.74) is 7.27. The van der Waals surface area contributed by atoms with Crippen molar-refractivity contribution in [3.63, 3.8) is 0 Å². The molecule has 1 aliphatic heterocycles. The molecule has 80 valence electrons. The lowest BCUT2D eigenvalue weighted by Crippen LogP contribution is -2.56. The van der Waals surface area contributed by atoms with Crippen molar-refractivity contribution < 1.29 is 0 Å². The SMILES string of the molecule is NC1(CN2CCCC3(CC3)C2)CCC1. The first kappa shape index (κ1) is 9.17. The fourth-order valence-corrected chi connectivity index (χ4v) is 3.26. The molecule has 3 fully saturated rings. The van der Waals surface area contributed by atoms with Crippen LogP contribution in [-0.2, 0) is 0 Å². The van der Waals surface area contributed by atoms with E-state index in [2.05, 4.69) is 4.90 Å². The monoisotopic (exact) mass is 194 g/mol. The number of nitrogens with zero attached hydrogens (tertiary/aromatic N) is 1. The van der Waals surface area contributed by atoms with Gasteiger partial charge in [-0.3, -0.25) is 0 Å². The summed E-state index contributed by atoms with van der Waals surface area (Å²) in [6.07, 6.45) is 9.75. The van der Waals surface area contributed by atoms with E-state index in [1.165, 1.54) is 64.6 Å². The maximum atomic E-state index is 6.30. The van der Waals surface area contributed by atoms with Crippen molar-refractivity contribution >= 4 is 0 Å². The van der Waals surface area contributed by atoms with E-state index in [1.54, 1.807) is 0 Å². The zero-order chi connectivity index (χ0) is 9.65. The Morgan fingerprint density at radius 1 is 1.00 bits per heavy atom. The Morgan fingerprint density at radius 2 is 1.79 bits per heavy atom. The van der Waals surface area contributed by atoms with E-state index in [0.717, 1.165) is 5.41 Å². The number of rotatable bonds is 2. The highest BCUT2D eigenvalue weighted by atomic mass is 15.2. The zero-order valence-corrected chi connectivity index (χ0v) is 9.10. The second kappa shape index (κ2) is 2.96. The fourth-order valence-electron chi connectivity index (χ4n) is 3.26. The minimum atomic E-state index is 0.202. The van der Waals surface area contributed by atoms with Crippen LogP contribution in [0.4, 0.5) is 0 Å². The molecule has 1 spiro atoms. The molecule has 14 heavy (non-hydrogen) atoms. The first-order valence-corrected chi connectivity index (χ1v) is 6.21. The van der Waals surface area contributed by atoms with Crippen LogP contribution in [0.2, 0.25) is 0 Å². The maximum absolute atomic E-state index is 6.30. The van der Waals surface area contributed by atoms with Gasteiger partial charge in [0, 0.05) is 18.6 Å². The second-order valence-electron chi connectivity index (χ2n) is 6.03. The molecule has 2 saturated carbocycles. The largest absolute Gasteiger partial charge is 0.324 e. The van der Waals surface area contributed by atoms with Crippen molar-refractivity contribution in [3.05, 3.63) is 0 Å². The molecule has 2 N–H and O–H groups in total. The van der Waals surface area contributed by atoms with Crippen molar-refractivity contribution in [1.29, 1.82) is 0 Å². The minimum absolute atomic E-state index is 0.202. The first-order valence-electron chi connectivity index (χ1n) is 6.21. The summed E-state index contributed by atoms with van der Waals surface area (Å²) in [7, 11) is 0. The molecule has 3 aliphatic rings. The maximum Gasteiger partial charge on any atom is 0.0283 e. The van der Waals surface area contributed by atoms with Crippen LogP contribution in [0.15, 0.2) is 0 Å². The van der Waals surface area contributed by atoms with Crippen LogP contribution in [0.5, 0.6) is 0 Å². The Balaban J connectivity index is 1.57. The third-order valence-electron chi connectivity index (χ3n) is 4.59. The second-order valence-corrected chi connectivity index (χ2v) is 6.03. The highest BCUT2D eigenvalue weighted by molar-refractivity contribution is 5.01. The summed E-state index contributed by atoms with van der Waals surface area (Å²) in [6, 6.07) is 0. The molecule has 0 aromatic heterocycles. The topological polar surface area (TPSA) is 29.3 Å². The molecular formula is C12H22N2. The van der Waals surface area contributed by atoms with E-state index in [0.29, 0.717) is 0 Å². The quantitative estimate of drug-likeness (QED) is 0.725. The van der Waals surface area contributed by atoms with E-state index in [4.69, 9.17) is 5.73 Å². The van der Waals surface area contributed by atoms with Crippen molar-refractivity contribution in [2.45, 2.75) is 50.5 Å². The average molecular weight is 194 g/mol. The van der Waals surface area contributed by atoms with Gasteiger partial charge >= 0.3 is 0 Å². The van der Waals surface area contributed by atoms with Crippen LogP contribution in [0.3, 0.4) is 0 Å². The van der Waals surface area contributed by atoms with Gasteiger partial charge in [0.2, 0.25) is 0 Å². The molecule has 2 aliphatic carbocycles. The highest BCUT2D eigenvalue weighted by Crippen LogP contribution is 2.52. The van der Waals surface area contributed by atoms with Crippen LogP contribution >= 0.6 is 0 Å². The summed E-state index contributed by atoms with van der Waals surface area (Å²) in [4.78, 5) is 2.65. The molecule has 1 heterocycles. The Bertz CT molecular complexity index is 228.